The SMILES string of the molecule is N#Cc1c(NC(=O)c2ccc(Cn3cc(Cl)cn3)o2)sc2c1CCCCC2. The highest BCUT2D eigenvalue weighted by Crippen LogP contribution is 2.37. The van der Waals surface area contributed by atoms with Crippen LogP contribution in [0, 0.1) is 11.3 Å². The van der Waals surface area contributed by atoms with Gasteiger partial charge in [-0.3, -0.25) is 9.48 Å². The maximum atomic E-state index is 12.6. The van der Waals surface area contributed by atoms with Crippen LogP contribution in [-0.4, -0.2) is 15.7 Å². The third-order valence-electron chi connectivity index (χ3n) is 4.57. The number of carbonyl (C=O) groups excluding carboxylic acids is 1. The number of amides is 1. The smallest absolute Gasteiger partial charge is 0.292 e. The number of aryl methyl sites for hydroxylation is 1. The number of nitrogens with zero attached hydrogens (tertiary/aromatic N) is 3. The number of hydrogen-bond donors (Lipinski definition) is 1. The number of nitrogens with one attached hydrogen (secondary N) is 1. The molecule has 4 rings (SSSR count). The molecule has 0 spiro atoms. The Morgan fingerprint density at radius 1 is 1.37 bits per heavy atom. The van der Waals surface area contributed by atoms with Gasteiger partial charge in [-0.1, -0.05) is 18.0 Å². The summed E-state index contributed by atoms with van der Waals surface area (Å²) in [5, 5.41) is 17.7. The number of aromatic nitrogens is 2. The van der Waals surface area contributed by atoms with Gasteiger partial charge in [0, 0.05) is 11.1 Å². The molecular formula is C19H17ClN4O2S. The Bertz CT molecular complexity index is 1030. The van der Waals surface area contributed by atoms with Gasteiger partial charge in [0.05, 0.1) is 23.3 Å². The Morgan fingerprint density at radius 3 is 3.00 bits per heavy atom. The second-order valence-electron chi connectivity index (χ2n) is 6.46. The summed E-state index contributed by atoms with van der Waals surface area (Å²) in [6, 6.07) is 5.63. The summed E-state index contributed by atoms with van der Waals surface area (Å²) < 4.78 is 7.26. The van der Waals surface area contributed by atoms with Gasteiger partial charge >= 0.3 is 0 Å². The lowest BCUT2D eigenvalue weighted by Crippen LogP contribution is -2.11. The van der Waals surface area contributed by atoms with Gasteiger partial charge in [-0.2, -0.15) is 10.4 Å². The zero-order valence-corrected chi connectivity index (χ0v) is 16.1. The first kappa shape index (κ1) is 17.8. The minimum absolute atomic E-state index is 0.204. The average Bonchev–Trinajstić information content (AvgIpc) is 3.31. The maximum absolute atomic E-state index is 12.6. The van der Waals surface area contributed by atoms with Gasteiger partial charge in [-0.05, 0) is 43.4 Å². The molecule has 0 fully saturated rings. The number of anilines is 1. The Morgan fingerprint density at radius 2 is 2.22 bits per heavy atom. The van der Waals surface area contributed by atoms with Crippen LogP contribution in [0.15, 0.2) is 28.9 Å². The quantitative estimate of drug-likeness (QED) is 0.647. The molecule has 1 N–H and O–H groups in total. The maximum Gasteiger partial charge on any atom is 0.292 e. The molecule has 1 aliphatic carbocycles. The van der Waals surface area contributed by atoms with Crippen LogP contribution >= 0.6 is 22.9 Å². The van der Waals surface area contributed by atoms with Gasteiger partial charge in [0.2, 0.25) is 0 Å². The van der Waals surface area contributed by atoms with Crippen molar-refractivity contribution in [3.63, 3.8) is 0 Å². The molecule has 1 aliphatic rings. The largest absolute Gasteiger partial charge is 0.454 e. The third kappa shape index (κ3) is 3.77. The van der Waals surface area contributed by atoms with Crippen LogP contribution in [0.4, 0.5) is 5.00 Å². The highest BCUT2D eigenvalue weighted by atomic mass is 35.5. The molecule has 8 heteroatoms. The zero-order chi connectivity index (χ0) is 18.8. The number of hydrogen-bond acceptors (Lipinski definition) is 5. The molecular weight excluding hydrogens is 384 g/mol. The first-order valence-corrected chi connectivity index (χ1v) is 9.96. The van der Waals surface area contributed by atoms with Gasteiger partial charge in [0.1, 0.15) is 16.8 Å². The number of halogens is 1. The lowest BCUT2D eigenvalue weighted by atomic mass is 10.1. The fourth-order valence-corrected chi connectivity index (χ4v) is 4.67. The van der Waals surface area contributed by atoms with Crippen LogP contribution in [0.3, 0.4) is 0 Å². The van der Waals surface area contributed by atoms with Crippen LogP contribution in [0.1, 0.15) is 51.6 Å². The number of furan rings is 1. The van der Waals surface area contributed by atoms with Gasteiger partial charge in [0.25, 0.3) is 5.91 Å². The summed E-state index contributed by atoms with van der Waals surface area (Å²) in [6.07, 6.45) is 8.51. The van der Waals surface area contributed by atoms with Crippen molar-refractivity contribution in [1.82, 2.24) is 9.78 Å². The second-order valence-corrected chi connectivity index (χ2v) is 8.00. The normalized spacial score (nSPS) is 13.6. The Hall–Kier alpha value is -2.56. The number of carbonyl (C=O) groups is 1. The predicted octanol–water partition coefficient (Wildman–Crippen LogP) is 4.63. The van der Waals surface area contributed by atoms with E-state index in [9.17, 15) is 10.1 Å². The van der Waals surface area contributed by atoms with Crippen molar-refractivity contribution >= 4 is 33.8 Å². The molecule has 3 heterocycles. The van der Waals surface area contributed by atoms with E-state index in [1.807, 2.05) is 0 Å². The van der Waals surface area contributed by atoms with Crippen LogP contribution in [0.2, 0.25) is 5.02 Å². The van der Waals surface area contributed by atoms with E-state index in [1.165, 1.54) is 22.6 Å². The second kappa shape index (κ2) is 7.59. The van der Waals surface area contributed by atoms with E-state index in [1.54, 1.807) is 29.2 Å². The summed E-state index contributed by atoms with van der Waals surface area (Å²) in [5.74, 6) is 0.450. The predicted molar refractivity (Wildman–Crippen MR) is 103 cm³/mol. The van der Waals surface area contributed by atoms with Crippen LogP contribution < -0.4 is 5.32 Å². The topological polar surface area (TPSA) is 83.9 Å². The van der Waals surface area contributed by atoms with Crippen LogP contribution in [-0.2, 0) is 19.4 Å². The van der Waals surface area contributed by atoms with E-state index < -0.39 is 0 Å². The third-order valence-corrected chi connectivity index (χ3v) is 5.97. The molecule has 0 saturated heterocycles. The minimum atomic E-state index is -0.354. The molecule has 138 valence electrons. The van der Waals surface area contributed by atoms with Crippen molar-refractivity contribution in [2.24, 2.45) is 0 Å². The van der Waals surface area contributed by atoms with Gasteiger partial charge in [0.15, 0.2) is 5.76 Å². The van der Waals surface area contributed by atoms with E-state index in [4.69, 9.17) is 16.0 Å². The van der Waals surface area contributed by atoms with Crippen LogP contribution in [0.5, 0.6) is 0 Å². The number of nitriles is 1. The van der Waals surface area contributed by atoms with E-state index in [0.29, 0.717) is 27.9 Å². The molecule has 0 unspecified atom stereocenters. The molecule has 3 aromatic rings. The molecule has 3 aromatic heterocycles. The van der Waals surface area contributed by atoms with E-state index >= 15 is 0 Å². The monoisotopic (exact) mass is 400 g/mol. The summed E-state index contributed by atoms with van der Waals surface area (Å²) in [7, 11) is 0. The number of rotatable bonds is 4. The van der Waals surface area contributed by atoms with E-state index in [0.717, 1.165) is 31.2 Å². The van der Waals surface area contributed by atoms with Gasteiger partial charge in [-0.15, -0.1) is 11.3 Å². The molecule has 0 aromatic carbocycles. The van der Waals surface area contributed by atoms with E-state index in [2.05, 4.69) is 16.5 Å². The number of thiophene rings is 1. The molecule has 0 aliphatic heterocycles. The van der Waals surface area contributed by atoms with Gasteiger partial charge in [-0.25, -0.2) is 0 Å². The minimum Gasteiger partial charge on any atom is -0.454 e. The lowest BCUT2D eigenvalue weighted by Gasteiger charge is -2.02. The molecule has 0 bridgehead atoms. The van der Waals surface area contributed by atoms with Crippen molar-refractivity contribution in [2.45, 2.75) is 38.6 Å². The molecule has 0 saturated carbocycles. The first-order valence-electron chi connectivity index (χ1n) is 8.76. The Labute approximate surface area is 165 Å². The summed E-state index contributed by atoms with van der Waals surface area (Å²) in [5.41, 5.74) is 1.70. The lowest BCUT2D eigenvalue weighted by molar-refractivity contribution is 0.0995. The molecule has 6 nitrogen and oxygen atoms in total. The summed E-state index contributed by atoms with van der Waals surface area (Å²) >= 11 is 7.36. The van der Waals surface area contributed by atoms with Crippen molar-refractivity contribution in [3.05, 3.63) is 57.1 Å². The molecule has 1 amide bonds. The standard InChI is InChI=1S/C19H17ClN4O2S/c20-12-9-22-24(10-12)11-13-6-7-16(26-13)18(25)23-19-15(8-21)14-4-2-1-3-5-17(14)27-19/h6-7,9-10H,1-5,11H2,(H,23,25). The fourth-order valence-electron chi connectivity index (χ4n) is 3.28. The first-order chi connectivity index (χ1) is 13.1. The highest BCUT2D eigenvalue weighted by Gasteiger charge is 2.22. The molecule has 0 atom stereocenters. The average molecular weight is 401 g/mol. The highest BCUT2D eigenvalue weighted by molar-refractivity contribution is 7.16. The fraction of sp³-hybridized carbons (Fsp3) is 0.316. The zero-order valence-electron chi connectivity index (χ0n) is 14.5. The van der Waals surface area contributed by atoms with Crippen molar-refractivity contribution in [1.29, 1.82) is 5.26 Å². The summed E-state index contributed by atoms with van der Waals surface area (Å²) in [4.78, 5) is 13.8. The van der Waals surface area contributed by atoms with Crippen molar-refractivity contribution in [3.8, 4) is 6.07 Å². The van der Waals surface area contributed by atoms with E-state index in [-0.39, 0.29) is 11.7 Å². The summed E-state index contributed by atoms with van der Waals surface area (Å²) in [6.45, 7) is 0.386. The molecule has 27 heavy (non-hydrogen) atoms. The Balaban J connectivity index is 1.50. The number of fused-ring (bicyclic) bond motifs is 1. The Kier molecular flexibility index (Phi) is 5.01. The van der Waals surface area contributed by atoms with Gasteiger partial charge < -0.3 is 9.73 Å². The van der Waals surface area contributed by atoms with Crippen molar-refractivity contribution in [2.75, 3.05) is 5.32 Å². The van der Waals surface area contributed by atoms with Crippen molar-refractivity contribution < 1.29 is 9.21 Å². The van der Waals surface area contributed by atoms with Crippen LogP contribution in [0.25, 0.3) is 0 Å². The molecule has 0 radical (unpaired) electrons.